The summed E-state index contributed by atoms with van der Waals surface area (Å²) >= 11 is 0. The number of pyridine rings is 4. The quantitative estimate of drug-likeness (QED) is 0.160. The molecular formula is C52H33N5. The Morgan fingerprint density at radius 2 is 0.754 bits per heavy atom. The summed E-state index contributed by atoms with van der Waals surface area (Å²) < 4.78 is 0. The maximum Gasteiger partial charge on any atom is 0.0468 e. The number of nitrogens with zero attached hydrogens (tertiary/aromatic N) is 5. The molecular weight excluding hydrogens is 695 g/mol. The molecule has 0 aliphatic carbocycles. The largest absolute Gasteiger partial charge is 0.310 e. The second kappa shape index (κ2) is 13.5. The van der Waals surface area contributed by atoms with Crippen molar-refractivity contribution < 1.29 is 0 Å². The van der Waals surface area contributed by atoms with Gasteiger partial charge in [-0.3, -0.25) is 19.9 Å². The predicted molar refractivity (Wildman–Crippen MR) is 236 cm³/mol. The SMILES string of the molecule is c1ccc2cc(-c3ccc4c(ccc5cc(N(c6ccc(-c7cncc8ccncc78)cc6)c6ccc(-c7cncc8ccncc78)cc6)ccc54)c3)ccc2c1. The third-order valence-corrected chi connectivity index (χ3v) is 11.2. The molecule has 0 fully saturated rings. The van der Waals surface area contributed by atoms with Crippen LogP contribution >= 0.6 is 0 Å². The first-order valence-electron chi connectivity index (χ1n) is 19.1. The molecule has 0 aliphatic heterocycles. The van der Waals surface area contributed by atoms with Gasteiger partial charge in [-0.2, -0.15) is 0 Å². The lowest BCUT2D eigenvalue weighted by atomic mass is 9.96. The highest BCUT2D eigenvalue weighted by atomic mass is 15.1. The van der Waals surface area contributed by atoms with Gasteiger partial charge < -0.3 is 4.90 Å². The summed E-state index contributed by atoms with van der Waals surface area (Å²) in [6, 6.07) is 54.9. The van der Waals surface area contributed by atoms with Gasteiger partial charge in [0.25, 0.3) is 0 Å². The lowest BCUT2D eigenvalue weighted by Gasteiger charge is -2.26. The Morgan fingerprint density at radius 1 is 0.281 bits per heavy atom. The number of hydrogen-bond acceptors (Lipinski definition) is 5. The Kier molecular flexibility index (Phi) is 7.74. The summed E-state index contributed by atoms with van der Waals surface area (Å²) in [6.45, 7) is 0. The molecule has 0 radical (unpaired) electrons. The van der Waals surface area contributed by atoms with Gasteiger partial charge in [0.2, 0.25) is 0 Å². The maximum atomic E-state index is 4.53. The van der Waals surface area contributed by atoms with Crippen LogP contribution in [0.2, 0.25) is 0 Å². The number of benzene rings is 7. The third kappa shape index (κ3) is 5.81. The Balaban J connectivity index is 1.00. The van der Waals surface area contributed by atoms with Crippen LogP contribution in [0, 0.1) is 0 Å². The minimum Gasteiger partial charge on any atom is -0.310 e. The Morgan fingerprint density at radius 3 is 1.37 bits per heavy atom. The van der Waals surface area contributed by atoms with Crippen LogP contribution in [0.5, 0.6) is 0 Å². The molecule has 11 rings (SSSR count). The van der Waals surface area contributed by atoms with Gasteiger partial charge in [0, 0.05) is 99.3 Å². The monoisotopic (exact) mass is 727 g/mol. The molecule has 4 aromatic heterocycles. The van der Waals surface area contributed by atoms with Crippen molar-refractivity contribution >= 4 is 70.9 Å². The van der Waals surface area contributed by atoms with E-state index in [9.17, 15) is 0 Å². The topological polar surface area (TPSA) is 54.8 Å². The van der Waals surface area contributed by atoms with E-state index in [0.717, 1.165) is 60.9 Å². The molecule has 0 saturated carbocycles. The van der Waals surface area contributed by atoms with Gasteiger partial charge >= 0.3 is 0 Å². The molecule has 57 heavy (non-hydrogen) atoms. The van der Waals surface area contributed by atoms with E-state index in [2.05, 4.69) is 164 Å². The molecule has 0 spiro atoms. The lowest BCUT2D eigenvalue weighted by Crippen LogP contribution is -2.10. The fourth-order valence-corrected chi connectivity index (χ4v) is 8.24. The van der Waals surface area contributed by atoms with Crippen LogP contribution in [0.15, 0.2) is 201 Å². The minimum atomic E-state index is 1.05. The van der Waals surface area contributed by atoms with Crippen molar-refractivity contribution in [1.29, 1.82) is 0 Å². The zero-order valence-corrected chi connectivity index (χ0v) is 30.8. The van der Waals surface area contributed by atoms with E-state index in [1.54, 1.807) is 0 Å². The van der Waals surface area contributed by atoms with E-state index in [1.807, 2.05) is 61.7 Å². The Hall–Kier alpha value is -7.76. The smallest absolute Gasteiger partial charge is 0.0468 e. The van der Waals surface area contributed by atoms with Crippen molar-refractivity contribution in [3.8, 4) is 33.4 Å². The molecule has 7 aromatic carbocycles. The van der Waals surface area contributed by atoms with Crippen molar-refractivity contribution in [3.63, 3.8) is 0 Å². The summed E-state index contributed by atoms with van der Waals surface area (Å²) in [5, 5.41) is 11.7. The first-order chi connectivity index (χ1) is 28.2. The van der Waals surface area contributed by atoms with Gasteiger partial charge in [-0.1, -0.05) is 91.0 Å². The van der Waals surface area contributed by atoms with E-state index >= 15 is 0 Å². The first-order valence-corrected chi connectivity index (χ1v) is 19.1. The van der Waals surface area contributed by atoms with E-state index < -0.39 is 0 Å². The predicted octanol–water partition coefficient (Wildman–Crippen LogP) is 13.5. The van der Waals surface area contributed by atoms with Crippen LogP contribution in [0.25, 0.3) is 87.2 Å². The summed E-state index contributed by atoms with van der Waals surface area (Å²) in [7, 11) is 0. The molecule has 5 nitrogen and oxygen atoms in total. The fourth-order valence-electron chi connectivity index (χ4n) is 8.24. The van der Waals surface area contributed by atoms with Gasteiger partial charge in [-0.05, 0) is 115 Å². The fraction of sp³-hybridized carbons (Fsp3) is 0. The molecule has 0 amide bonds. The second-order valence-corrected chi connectivity index (χ2v) is 14.5. The normalized spacial score (nSPS) is 11.5. The van der Waals surface area contributed by atoms with Gasteiger partial charge in [-0.15, -0.1) is 0 Å². The molecule has 11 aromatic rings. The Labute approximate surface area is 329 Å². The molecule has 0 bridgehead atoms. The van der Waals surface area contributed by atoms with Crippen LogP contribution in [0.3, 0.4) is 0 Å². The molecule has 0 aliphatic rings. The first kappa shape index (κ1) is 32.7. The standard InChI is InChI=1S/C52H33N5/c1-2-4-37-25-38(6-5-34(37)3-1)39-13-19-47-40(26-39)7-8-41-27-46(18-20-48(41)47)57(44-14-9-35(10-15-44)49-32-55-28-42-21-23-53-30-51(42)49)45-16-11-36(12-17-45)50-33-56-29-43-22-24-54-31-52(43)50/h1-33H. The van der Waals surface area contributed by atoms with Crippen LogP contribution in [0.4, 0.5) is 17.1 Å². The second-order valence-electron chi connectivity index (χ2n) is 14.5. The van der Waals surface area contributed by atoms with Gasteiger partial charge in [0.05, 0.1) is 0 Å². The number of aromatic nitrogens is 4. The summed E-state index contributed by atoms with van der Waals surface area (Å²) in [5.74, 6) is 0. The van der Waals surface area contributed by atoms with Gasteiger partial charge in [0.1, 0.15) is 0 Å². The molecule has 0 N–H and O–H groups in total. The van der Waals surface area contributed by atoms with Crippen molar-refractivity contribution in [2.45, 2.75) is 0 Å². The number of fused-ring (bicyclic) bond motifs is 6. The van der Waals surface area contributed by atoms with Gasteiger partial charge in [-0.25, -0.2) is 0 Å². The summed E-state index contributed by atoms with van der Waals surface area (Å²) in [6.07, 6.45) is 15.1. The molecule has 5 heteroatoms. The number of anilines is 3. The molecule has 0 saturated heterocycles. The average molecular weight is 728 g/mol. The van der Waals surface area contributed by atoms with E-state index in [0.29, 0.717) is 0 Å². The summed E-state index contributed by atoms with van der Waals surface area (Å²) in [4.78, 5) is 20.2. The van der Waals surface area contributed by atoms with Crippen molar-refractivity contribution in [2.24, 2.45) is 0 Å². The van der Waals surface area contributed by atoms with Crippen LogP contribution in [-0.2, 0) is 0 Å². The van der Waals surface area contributed by atoms with Crippen LogP contribution in [0.1, 0.15) is 0 Å². The maximum absolute atomic E-state index is 4.53. The highest BCUT2D eigenvalue weighted by Crippen LogP contribution is 2.40. The zero-order valence-electron chi connectivity index (χ0n) is 30.8. The van der Waals surface area contributed by atoms with E-state index in [1.165, 1.54) is 43.4 Å². The van der Waals surface area contributed by atoms with Crippen molar-refractivity contribution in [2.75, 3.05) is 4.90 Å². The van der Waals surface area contributed by atoms with E-state index in [4.69, 9.17) is 0 Å². The lowest BCUT2D eigenvalue weighted by molar-refractivity contribution is 1.28. The van der Waals surface area contributed by atoms with Crippen molar-refractivity contribution in [1.82, 2.24) is 19.9 Å². The molecule has 0 unspecified atom stereocenters. The highest BCUT2D eigenvalue weighted by molar-refractivity contribution is 6.10. The van der Waals surface area contributed by atoms with Crippen LogP contribution in [-0.4, -0.2) is 19.9 Å². The third-order valence-electron chi connectivity index (χ3n) is 11.2. The van der Waals surface area contributed by atoms with Crippen LogP contribution < -0.4 is 4.90 Å². The highest BCUT2D eigenvalue weighted by Gasteiger charge is 2.16. The summed E-state index contributed by atoms with van der Waals surface area (Å²) in [5.41, 5.74) is 9.90. The Bertz CT molecular complexity index is 3170. The zero-order chi connectivity index (χ0) is 37.7. The van der Waals surface area contributed by atoms with Crippen molar-refractivity contribution in [3.05, 3.63) is 201 Å². The van der Waals surface area contributed by atoms with E-state index in [-0.39, 0.29) is 0 Å². The molecule has 4 heterocycles. The average Bonchev–Trinajstić information content (AvgIpc) is 3.29. The molecule has 0 atom stereocenters. The number of rotatable bonds is 6. The molecule has 266 valence electrons. The minimum absolute atomic E-state index is 1.05. The van der Waals surface area contributed by atoms with Gasteiger partial charge in [0.15, 0.2) is 0 Å². The number of hydrogen-bond donors (Lipinski definition) is 0.